The van der Waals surface area contributed by atoms with Crippen molar-refractivity contribution in [3.8, 4) is 0 Å². The number of aryl methyl sites for hydroxylation is 1. The zero-order valence-corrected chi connectivity index (χ0v) is 9.89. The fourth-order valence-corrected chi connectivity index (χ4v) is 2.87. The molecular weight excluding hydrogens is 212 g/mol. The number of hydrogen-bond donors (Lipinski definition) is 1. The van der Waals surface area contributed by atoms with Gasteiger partial charge in [-0.05, 0) is 6.92 Å². The predicted molar refractivity (Wildman–Crippen MR) is 60.0 cm³/mol. The Morgan fingerprint density at radius 1 is 1.47 bits per heavy atom. The van der Waals surface area contributed by atoms with E-state index in [-0.39, 0.29) is 5.60 Å². The highest BCUT2D eigenvalue weighted by molar-refractivity contribution is 7.12. The van der Waals surface area contributed by atoms with E-state index >= 15 is 0 Å². The van der Waals surface area contributed by atoms with Crippen molar-refractivity contribution in [2.45, 2.75) is 25.4 Å². The molecule has 0 amide bonds. The highest BCUT2D eigenvalue weighted by Crippen LogP contribution is 2.38. The molecule has 1 saturated heterocycles. The molecule has 5 heteroatoms. The van der Waals surface area contributed by atoms with Gasteiger partial charge in [-0.15, -0.1) is 11.3 Å². The van der Waals surface area contributed by atoms with Crippen LogP contribution in [0.3, 0.4) is 0 Å². The van der Waals surface area contributed by atoms with Crippen molar-refractivity contribution in [3.05, 3.63) is 9.88 Å². The zero-order chi connectivity index (χ0) is 10.9. The SMILES string of the molecule is COC1(c2nc(N)c(C)s2)CCOCC1. The lowest BCUT2D eigenvalue weighted by molar-refractivity contribution is -0.0947. The lowest BCUT2D eigenvalue weighted by Gasteiger charge is -2.33. The van der Waals surface area contributed by atoms with Crippen molar-refractivity contribution >= 4 is 17.2 Å². The van der Waals surface area contributed by atoms with Crippen LogP contribution in [0.1, 0.15) is 22.7 Å². The van der Waals surface area contributed by atoms with E-state index in [0.717, 1.165) is 35.9 Å². The molecule has 1 aromatic rings. The van der Waals surface area contributed by atoms with E-state index < -0.39 is 0 Å². The van der Waals surface area contributed by atoms with Crippen LogP contribution in [-0.2, 0) is 15.1 Å². The molecule has 1 fully saturated rings. The largest absolute Gasteiger partial charge is 0.383 e. The molecule has 0 bridgehead atoms. The van der Waals surface area contributed by atoms with Crippen LogP contribution in [0.15, 0.2) is 0 Å². The van der Waals surface area contributed by atoms with Gasteiger partial charge in [-0.1, -0.05) is 0 Å². The Hall–Kier alpha value is -0.650. The lowest BCUT2D eigenvalue weighted by atomic mass is 9.95. The fourth-order valence-electron chi connectivity index (χ4n) is 1.81. The number of ether oxygens (including phenoxy) is 2. The lowest BCUT2D eigenvalue weighted by Crippen LogP contribution is -2.35. The molecule has 0 spiro atoms. The van der Waals surface area contributed by atoms with E-state index in [9.17, 15) is 0 Å². The van der Waals surface area contributed by atoms with Gasteiger partial charge in [0.15, 0.2) is 0 Å². The molecule has 2 rings (SSSR count). The van der Waals surface area contributed by atoms with Gasteiger partial charge in [0.1, 0.15) is 16.4 Å². The van der Waals surface area contributed by atoms with Crippen LogP contribution in [0.4, 0.5) is 5.82 Å². The molecule has 0 radical (unpaired) electrons. The van der Waals surface area contributed by atoms with Crippen LogP contribution in [0.5, 0.6) is 0 Å². The first-order chi connectivity index (χ1) is 7.18. The monoisotopic (exact) mass is 228 g/mol. The zero-order valence-electron chi connectivity index (χ0n) is 9.08. The Balaban J connectivity index is 2.32. The van der Waals surface area contributed by atoms with Crippen molar-refractivity contribution < 1.29 is 9.47 Å². The molecule has 15 heavy (non-hydrogen) atoms. The topological polar surface area (TPSA) is 57.4 Å². The van der Waals surface area contributed by atoms with Crippen LogP contribution >= 0.6 is 11.3 Å². The number of nitrogens with two attached hydrogens (primary N) is 1. The second-order valence-corrected chi connectivity index (χ2v) is 4.97. The highest BCUT2D eigenvalue weighted by atomic mass is 32.1. The quantitative estimate of drug-likeness (QED) is 0.836. The minimum atomic E-state index is -0.273. The summed E-state index contributed by atoms with van der Waals surface area (Å²) in [5.74, 6) is 0.623. The van der Waals surface area contributed by atoms with Gasteiger partial charge in [0.2, 0.25) is 0 Å². The third-order valence-electron chi connectivity index (χ3n) is 2.91. The van der Waals surface area contributed by atoms with Gasteiger partial charge in [-0.25, -0.2) is 4.98 Å². The average Bonchev–Trinajstić information content (AvgIpc) is 2.61. The molecule has 0 aliphatic carbocycles. The van der Waals surface area contributed by atoms with Gasteiger partial charge in [0.25, 0.3) is 0 Å². The Morgan fingerprint density at radius 2 is 2.13 bits per heavy atom. The van der Waals surface area contributed by atoms with E-state index in [0.29, 0.717) is 5.82 Å². The van der Waals surface area contributed by atoms with Crippen molar-refractivity contribution in [2.75, 3.05) is 26.1 Å². The van der Waals surface area contributed by atoms with E-state index in [4.69, 9.17) is 15.2 Å². The number of rotatable bonds is 2. The highest BCUT2D eigenvalue weighted by Gasteiger charge is 2.37. The molecule has 4 nitrogen and oxygen atoms in total. The Bertz CT molecular complexity index is 326. The molecule has 1 aliphatic rings. The number of thiazole rings is 1. The normalized spacial score (nSPS) is 20.4. The van der Waals surface area contributed by atoms with Gasteiger partial charge < -0.3 is 15.2 Å². The van der Waals surface area contributed by atoms with E-state index in [1.165, 1.54) is 0 Å². The second-order valence-electron chi connectivity index (χ2n) is 3.77. The van der Waals surface area contributed by atoms with Gasteiger partial charge in [-0.2, -0.15) is 0 Å². The maximum Gasteiger partial charge on any atom is 0.137 e. The first-order valence-electron chi connectivity index (χ1n) is 5.04. The number of hydrogen-bond acceptors (Lipinski definition) is 5. The number of nitrogen functional groups attached to an aromatic ring is 1. The molecular formula is C10H16N2O2S. The maximum absolute atomic E-state index is 5.77. The molecule has 0 aromatic carbocycles. The second kappa shape index (κ2) is 4.08. The summed E-state index contributed by atoms with van der Waals surface area (Å²) < 4.78 is 11.0. The molecule has 2 N–H and O–H groups in total. The summed E-state index contributed by atoms with van der Waals surface area (Å²) in [6.07, 6.45) is 1.71. The van der Waals surface area contributed by atoms with E-state index in [1.807, 2.05) is 6.92 Å². The van der Waals surface area contributed by atoms with Crippen LogP contribution < -0.4 is 5.73 Å². The predicted octanol–water partition coefficient (Wildman–Crippen LogP) is 1.69. The third kappa shape index (κ3) is 1.87. The molecule has 0 saturated carbocycles. The van der Waals surface area contributed by atoms with Crippen molar-refractivity contribution in [3.63, 3.8) is 0 Å². The number of aromatic nitrogens is 1. The minimum Gasteiger partial charge on any atom is -0.383 e. The summed E-state index contributed by atoms with van der Waals surface area (Å²) in [6, 6.07) is 0. The fraction of sp³-hybridized carbons (Fsp3) is 0.700. The standard InChI is InChI=1S/C10H16N2O2S/c1-7-8(11)12-9(15-7)10(13-2)3-5-14-6-4-10/h3-6,11H2,1-2H3. The van der Waals surface area contributed by atoms with Crippen LogP contribution in [-0.4, -0.2) is 25.3 Å². The van der Waals surface area contributed by atoms with Gasteiger partial charge in [0, 0.05) is 38.0 Å². The first kappa shape index (κ1) is 10.9. The van der Waals surface area contributed by atoms with Gasteiger partial charge in [0.05, 0.1) is 0 Å². The Labute approximate surface area is 93.4 Å². The van der Waals surface area contributed by atoms with E-state index in [1.54, 1.807) is 18.4 Å². The summed E-state index contributed by atoms with van der Waals surface area (Å²) in [6.45, 7) is 3.44. The number of anilines is 1. The average molecular weight is 228 g/mol. The minimum absolute atomic E-state index is 0.273. The number of nitrogens with zero attached hydrogens (tertiary/aromatic N) is 1. The summed E-state index contributed by atoms with van der Waals surface area (Å²) in [5.41, 5.74) is 5.50. The first-order valence-corrected chi connectivity index (χ1v) is 5.86. The Morgan fingerprint density at radius 3 is 2.60 bits per heavy atom. The van der Waals surface area contributed by atoms with Crippen molar-refractivity contribution in [2.24, 2.45) is 0 Å². The third-order valence-corrected chi connectivity index (χ3v) is 4.09. The van der Waals surface area contributed by atoms with Crippen LogP contribution in [0, 0.1) is 6.92 Å². The summed E-state index contributed by atoms with van der Waals surface area (Å²) in [7, 11) is 1.73. The smallest absolute Gasteiger partial charge is 0.137 e. The molecule has 2 heterocycles. The van der Waals surface area contributed by atoms with Crippen LogP contribution in [0.25, 0.3) is 0 Å². The van der Waals surface area contributed by atoms with Gasteiger partial charge >= 0.3 is 0 Å². The summed E-state index contributed by atoms with van der Waals surface area (Å²) in [5, 5.41) is 0.989. The molecule has 0 unspecified atom stereocenters. The molecule has 1 aromatic heterocycles. The van der Waals surface area contributed by atoms with Gasteiger partial charge in [-0.3, -0.25) is 0 Å². The Kier molecular flexibility index (Phi) is 2.95. The van der Waals surface area contributed by atoms with Crippen molar-refractivity contribution in [1.29, 1.82) is 0 Å². The van der Waals surface area contributed by atoms with Crippen molar-refractivity contribution in [1.82, 2.24) is 4.98 Å². The molecule has 84 valence electrons. The summed E-state index contributed by atoms with van der Waals surface area (Å²) >= 11 is 1.63. The maximum atomic E-state index is 5.77. The molecule has 0 atom stereocenters. The molecule has 1 aliphatic heterocycles. The summed E-state index contributed by atoms with van der Waals surface area (Å²) in [4.78, 5) is 5.46. The van der Waals surface area contributed by atoms with Crippen LogP contribution in [0.2, 0.25) is 0 Å². The number of methoxy groups -OCH3 is 1. The van der Waals surface area contributed by atoms with E-state index in [2.05, 4.69) is 4.98 Å².